The number of aliphatic hydroxyl groups is 1. The summed E-state index contributed by atoms with van der Waals surface area (Å²) in [5.74, 6) is 0. The molecule has 0 aliphatic carbocycles. The molecular formula is C7H16N2O2. The Balaban J connectivity index is 2.32. The molecular weight excluding hydrogens is 144 g/mol. The fourth-order valence-corrected chi connectivity index (χ4v) is 1.17. The van der Waals surface area contributed by atoms with E-state index >= 15 is 0 Å². The first-order valence-corrected chi connectivity index (χ1v) is 3.97. The number of aliphatic hydroxyl groups excluding tert-OH is 1. The topological polar surface area (TPSA) is 58.7 Å². The second-order valence-electron chi connectivity index (χ2n) is 2.92. The van der Waals surface area contributed by atoms with E-state index in [2.05, 4.69) is 0 Å². The van der Waals surface area contributed by atoms with Gasteiger partial charge in [0.25, 0.3) is 0 Å². The van der Waals surface area contributed by atoms with Crippen molar-refractivity contribution in [2.45, 2.75) is 19.2 Å². The molecule has 66 valence electrons. The van der Waals surface area contributed by atoms with Crippen molar-refractivity contribution in [1.29, 1.82) is 0 Å². The Morgan fingerprint density at radius 2 is 2.00 bits per heavy atom. The standard InChI is InChI=1S/C7H16N2O2/c1-6(8)7(10)9-2-4-11-5-3-9/h6-7,10H,2-5,8H2,1H3/t6?,7-/m0/s1. The van der Waals surface area contributed by atoms with Crippen LogP contribution in [0.3, 0.4) is 0 Å². The molecule has 0 amide bonds. The van der Waals surface area contributed by atoms with Gasteiger partial charge in [0.15, 0.2) is 0 Å². The van der Waals surface area contributed by atoms with Gasteiger partial charge in [-0.05, 0) is 6.92 Å². The van der Waals surface area contributed by atoms with E-state index in [1.807, 2.05) is 4.90 Å². The average molecular weight is 160 g/mol. The smallest absolute Gasteiger partial charge is 0.122 e. The molecule has 1 aliphatic rings. The number of rotatable bonds is 2. The summed E-state index contributed by atoms with van der Waals surface area (Å²) in [6.07, 6.45) is -0.515. The maximum atomic E-state index is 9.50. The lowest BCUT2D eigenvalue weighted by Crippen LogP contribution is -2.50. The Morgan fingerprint density at radius 3 is 2.45 bits per heavy atom. The lowest BCUT2D eigenvalue weighted by atomic mass is 10.2. The number of hydrogen-bond donors (Lipinski definition) is 2. The van der Waals surface area contributed by atoms with Gasteiger partial charge in [0.1, 0.15) is 6.23 Å². The minimum absolute atomic E-state index is 0.187. The summed E-state index contributed by atoms with van der Waals surface area (Å²) in [7, 11) is 0. The normalized spacial score (nSPS) is 26.5. The van der Waals surface area contributed by atoms with Crippen molar-refractivity contribution in [3.8, 4) is 0 Å². The van der Waals surface area contributed by atoms with Gasteiger partial charge in [0, 0.05) is 19.1 Å². The van der Waals surface area contributed by atoms with Gasteiger partial charge >= 0.3 is 0 Å². The van der Waals surface area contributed by atoms with E-state index in [9.17, 15) is 5.11 Å². The molecule has 0 saturated carbocycles. The summed E-state index contributed by atoms with van der Waals surface area (Å²) in [6, 6.07) is -0.187. The predicted molar refractivity (Wildman–Crippen MR) is 42.0 cm³/mol. The third-order valence-corrected chi connectivity index (χ3v) is 1.89. The van der Waals surface area contributed by atoms with Gasteiger partial charge in [0.05, 0.1) is 13.2 Å². The van der Waals surface area contributed by atoms with Crippen LogP contribution >= 0.6 is 0 Å². The van der Waals surface area contributed by atoms with Crippen LogP contribution in [0.4, 0.5) is 0 Å². The number of morpholine rings is 1. The molecule has 0 aromatic rings. The molecule has 4 heteroatoms. The highest BCUT2D eigenvalue weighted by atomic mass is 16.5. The van der Waals surface area contributed by atoms with Crippen molar-refractivity contribution in [3.05, 3.63) is 0 Å². The Kier molecular flexibility index (Phi) is 3.26. The van der Waals surface area contributed by atoms with Crippen LogP contribution in [0.15, 0.2) is 0 Å². The zero-order valence-electron chi connectivity index (χ0n) is 6.86. The first-order valence-electron chi connectivity index (χ1n) is 3.97. The molecule has 1 aliphatic heterocycles. The van der Waals surface area contributed by atoms with E-state index in [4.69, 9.17) is 10.5 Å². The quantitative estimate of drug-likeness (QED) is 0.543. The van der Waals surface area contributed by atoms with Gasteiger partial charge in [-0.3, -0.25) is 4.90 Å². The van der Waals surface area contributed by atoms with E-state index in [0.717, 1.165) is 13.1 Å². The van der Waals surface area contributed by atoms with Crippen LogP contribution in [-0.2, 0) is 4.74 Å². The van der Waals surface area contributed by atoms with E-state index in [0.29, 0.717) is 13.2 Å². The molecule has 1 rings (SSSR count). The summed E-state index contributed by atoms with van der Waals surface area (Å²) in [5.41, 5.74) is 5.53. The van der Waals surface area contributed by atoms with Crippen LogP contribution in [0.5, 0.6) is 0 Å². The number of nitrogens with zero attached hydrogens (tertiary/aromatic N) is 1. The second-order valence-corrected chi connectivity index (χ2v) is 2.92. The number of ether oxygens (including phenoxy) is 1. The van der Waals surface area contributed by atoms with Gasteiger partial charge in [-0.15, -0.1) is 0 Å². The average Bonchev–Trinajstić information content (AvgIpc) is 2.05. The number of hydrogen-bond acceptors (Lipinski definition) is 4. The van der Waals surface area contributed by atoms with E-state index in [-0.39, 0.29) is 6.04 Å². The number of nitrogens with two attached hydrogens (primary N) is 1. The Bertz CT molecular complexity index is 113. The third kappa shape index (κ3) is 2.41. The molecule has 1 unspecified atom stereocenters. The Hall–Kier alpha value is -0.160. The molecule has 0 radical (unpaired) electrons. The fourth-order valence-electron chi connectivity index (χ4n) is 1.17. The summed E-state index contributed by atoms with van der Waals surface area (Å²) < 4.78 is 5.14. The molecule has 4 nitrogen and oxygen atoms in total. The maximum Gasteiger partial charge on any atom is 0.122 e. The zero-order valence-corrected chi connectivity index (χ0v) is 6.86. The Labute approximate surface area is 66.9 Å². The minimum atomic E-state index is -0.515. The van der Waals surface area contributed by atoms with Crippen molar-refractivity contribution < 1.29 is 9.84 Å². The third-order valence-electron chi connectivity index (χ3n) is 1.89. The predicted octanol–water partition coefficient (Wildman–Crippen LogP) is -1.02. The van der Waals surface area contributed by atoms with Crippen molar-refractivity contribution in [3.63, 3.8) is 0 Å². The fraction of sp³-hybridized carbons (Fsp3) is 1.00. The van der Waals surface area contributed by atoms with Crippen molar-refractivity contribution in [2.24, 2.45) is 5.73 Å². The van der Waals surface area contributed by atoms with Crippen LogP contribution < -0.4 is 5.73 Å². The molecule has 1 fully saturated rings. The molecule has 3 N–H and O–H groups in total. The summed E-state index contributed by atoms with van der Waals surface area (Å²) in [5, 5.41) is 9.50. The van der Waals surface area contributed by atoms with Crippen molar-refractivity contribution in [2.75, 3.05) is 26.3 Å². The highest BCUT2D eigenvalue weighted by Crippen LogP contribution is 2.03. The van der Waals surface area contributed by atoms with E-state index in [1.165, 1.54) is 0 Å². The van der Waals surface area contributed by atoms with Crippen LogP contribution in [0.25, 0.3) is 0 Å². The van der Waals surface area contributed by atoms with E-state index in [1.54, 1.807) is 6.92 Å². The van der Waals surface area contributed by atoms with E-state index < -0.39 is 6.23 Å². The summed E-state index contributed by atoms with van der Waals surface area (Å²) in [6.45, 7) is 4.76. The van der Waals surface area contributed by atoms with Gasteiger partial charge in [-0.1, -0.05) is 0 Å². The Morgan fingerprint density at radius 1 is 1.45 bits per heavy atom. The molecule has 1 saturated heterocycles. The van der Waals surface area contributed by atoms with Gasteiger partial charge in [-0.25, -0.2) is 0 Å². The summed E-state index contributed by atoms with van der Waals surface area (Å²) in [4.78, 5) is 1.94. The summed E-state index contributed by atoms with van der Waals surface area (Å²) >= 11 is 0. The van der Waals surface area contributed by atoms with Gasteiger partial charge in [0.2, 0.25) is 0 Å². The first kappa shape index (κ1) is 8.93. The lowest BCUT2D eigenvalue weighted by molar-refractivity contribution is -0.0666. The highest BCUT2D eigenvalue weighted by Gasteiger charge is 2.20. The zero-order chi connectivity index (χ0) is 8.27. The molecule has 1 heterocycles. The molecule has 0 bridgehead atoms. The van der Waals surface area contributed by atoms with Crippen molar-refractivity contribution in [1.82, 2.24) is 4.90 Å². The van der Waals surface area contributed by atoms with Crippen LogP contribution in [-0.4, -0.2) is 48.6 Å². The SMILES string of the molecule is CC(N)[C@H](O)N1CCOCC1. The largest absolute Gasteiger partial charge is 0.379 e. The molecule has 2 atom stereocenters. The highest BCUT2D eigenvalue weighted by molar-refractivity contribution is 4.71. The second kappa shape index (κ2) is 4.01. The van der Waals surface area contributed by atoms with Crippen molar-refractivity contribution >= 4 is 0 Å². The van der Waals surface area contributed by atoms with Gasteiger partial charge in [-0.2, -0.15) is 0 Å². The molecule has 0 aromatic heterocycles. The lowest BCUT2D eigenvalue weighted by Gasteiger charge is -2.32. The molecule has 0 aromatic carbocycles. The van der Waals surface area contributed by atoms with Gasteiger partial charge < -0.3 is 15.6 Å². The first-order chi connectivity index (χ1) is 5.22. The maximum absolute atomic E-state index is 9.50. The molecule has 11 heavy (non-hydrogen) atoms. The van der Waals surface area contributed by atoms with Crippen LogP contribution in [0.1, 0.15) is 6.92 Å². The monoisotopic (exact) mass is 160 g/mol. The van der Waals surface area contributed by atoms with Crippen LogP contribution in [0, 0.1) is 0 Å². The molecule has 0 spiro atoms. The minimum Gasteiger partial charge on any atom is -0.379 e. The van der Waals surface area contributed by atoms with Crippen LogP contribution in [0.2, 0.25) is 0 Å².